The van der Waals surface area contributed by atoms with Crippen molar-refractivity contribution < 1.29 is 17.9 Å². The molecule has 1 aliphatic heterocycles. The maximum atomic E-state index is 12.4. The van der Waals surface area contributed by atoms with Crippen molar-refractivity contribution in [3.05, 3.63) is 48.0 Å². The number of ether oxygens (including phenoxy) is 1. The van der Waals surface area contributed by atoms with E-state index in [0.717, 1.165) is 30.8 Å². The standard InChI is InChI=1S/C19H26F3N3O/c1-4-5-9-23-18-11-16(8-10-24-18)15(3)25-12-17(7-6-14(25)2)26-13-19(20,21)22/h6-8,10-12,14-15H,4-5,9,13H2,1-3H3,(H,23,24). The number of aromatic nitrogens is 1. The number of rotatable bonds is 8. The van der Waals surface area contributed by atoms with Crippen molar-refractivity contribution in [1.82, 2.24) is 9.88 Å². The molecule has 4 nitrogen and oxygen atoms in total. The van der Waals surface area contributed by atoms with Gasteiger partial charge in [-0.25, -0.2) is 4.98 Å². The van der Waals surface area contributed by atoms with E-state index in [1.54, 1.807) is 18.5 Å². The summed E-state index contributed by atoms with van der Waals surface area (Å²) in [4.78, 5) is 6.30. The maximum absolute atomic E-state index is 12.4. The Labute approximate surface area is 152 Å². The van der Waals surface area contributed by atoms with Gasteiger partial charge in [-0.3, -0.25) is 0 Å². The molecule has 1 aromatic rings. The van der Waals surface area contributed by atoms with Gasteiger partial charge in [-0.05, 0) is 44.0 Å². The van der Waals surface area contributed by atoms with Crippen LogP contribution in [0.2, 0.25) is 0 Å². The van der Waals surface area contributed by atoms with Crippen molar-refractivity contribution in [2.24, 2.45) is 0 Å². The van der Waals surface area contributed by atoms with Crippen LogP contribution in [0.4, 0.5) is 19.0 Å². The molecule has 0 aliphatic carbocycles. The molecule has 7 heteroatoms. The molecule has 0 spiro atoms. The molecule has 2 heterocycles. The Morgan fingerprint density at radius 1 is 1.38 bits per heavy atom. The second kappa shape index (κ2) is 8.96. The van der Waals surface area contributed by atoms with Crippen molar-refractivity contribution in [3.8, 4) is 0 Å². The highest BCUT2D eigenvalue weighted by atomic mass is 19.4. The number of hydrogen-bond donors (Lipinski definition) is 1. The average Bonchev–Trinajstić information content (AvgIpc) is 2.60. The highest BCUT2D eigenvalue weighted by Crippen LogP contribution is 2.28. The lowest BCUT2D eigenvalue weighted by molar-refractivity contribution is -0.164. The first-order valence-electron chi connectivity index (χ1n) is 8.87. The average molecular weight is 369 g/mol. The Kier molecular flexibility index (Phi) is 6.94. The number of pyridine rings is 1. The highest BCUT2D eigenvalue weighted by molar-refractivity contribution is 5.39. The number of unbranched alkanes of at least 4 members (excludes halogenated alkanes) is 1. The summed E-state index contributed by atoms with van der Waals surface area (Å²) in [5.41, 5.74) is 1.03. The SMILES string of the molecule is CCCCNc1cc(C(C)N2C=C(OCC(F)(F)F)C=CC2C)ccn1. The number of hydrogen-bond acceptors (Lipinski definition) is 4. The largest absolute Gasteiger partial charge is 0.483 e. The normalized spacial score (nSPS) is 18.5. The monoisotopic (exact) mass is 369 g/mol. The van der Waals surface area contributed by atoms with Crippen LogP contribution in [0.25, 0.3) is 0 Å². The van der Waals surface area contributed by atoms with Gasteiger partial charge in [-0.1, -0.05) is 19.4 Å². The molecule has 2 atom stereocenters. The minimum atomic E-state index is -4.35. The lowest BCUT2D eigenvalue weighted by atomic mass is 10.0. The van der Waals surface area contributed by atoms with Gasteiger partial charge in [0.1, 0.15) is 11.6 Å². The van der Waals surface area contributed by atoms with Crippen LogP contribution in [0, 0.1) is 0 Å². The molecule has 0 fully saturated rings. The molecular formula is C19H26F3N3O. The number of nitrogens with one attached hydrogen (secondary N) is 1. The minimum Gasteiger partial charge on any atom is -0.483 e. The van der Waals surface area contributed by atoms with Gasteiger partial charge in [0.25, 0.3) is 0 Å². The van der Waals surface area contributed by atoms with Gasteiger partial charge in [0, 0.05) is 25.0 Å². The summed E-state index contributed by atoms with van der Waals surface area (Å²) < 4.78 is 42.0. The summed E-state index contributed by atoms with van der Waals surface area (Å²) in [5.74, 6) is 1.02. The molecule has 1 aliphatic rings. The lowest BCUT2D eigenvalue weighted by Gasteiger charge is -2.35. The van der Waals surface area contributed by atoms with Gasteiger partial charge in [0.15, 0.2) is 6.61 Å². The van der Waals surface area contributed by atoms with Gasteiger partial charge in [-0.2, -0.15) is 13.2 Å². The van der Waals surface area contributed by atoms with E-state index in [2.05, 4.69) is 17.2 Å². The number of alkyl halides is 3. The number of allylic oxidation sites excluding steroid dienone is 1. The summed E-state index contributed by atoms with van der Waals surface area (Å²) in [7, 11) is 0. The molecule has 1 aromatic heterocycles. The summed E-state index contributed by atoms with van der Waals surface area (Å²) in [6.45, 7) is 5.70. The number of nitrogens with zero attached hydrogens (tertiary/aromatic N) is 2. The number of anilines is 1. The topological polar surface area (TPSA) is 37.4 Å². The van der Waals surface area contributed by atoms with Crippen LogP contribution in [-0.2, 0) is 4.74 Å². The van der Waals surface area contributed by atoms with E-state index in [9.17, 15) is 13.2 Å². The Balaban J connectivity index is 2.09. The van der Waals surface area contributed by atoms with Crippen LogP contribution < -0.4 is 5.32 Å². The highest BCUT2D eigenvalue weighted by Gasteiger charge is 2.29. The Morgan fingerprint density at radius 2 is 2.15 bits per heavy atom. The van der Waals surface area contributed by atoms with Gasteiger partial charge in [0.2, 0.25) is 0 Å². The molecule has 0 radical (unpaired) electrons. The van der Waals surface area contributed by atoms with Crippen LogP contribution in [0.1, 0.15) is 45.2 Å². The molecule has 0 saturated heterocycles. The third-order valence-electron chi connectivity index (χ3n) is 4.24. The van der Waals surface area contributed by atoms with Crippen LogP contribution in [0.15, 0.2) is 42.4 Å². The summed E-state index contributed by atoms with van der Waals surface area (Å²) >= 11 is 0. The fraction of sp³-hybridized carbons (Fsp3) is 0.526. The fourth-order valence-electron chi connectivity index (χ4n) is 2.72. The Morgan fingerprint density at radius 3 is 2.85 bits per heavy atom. The first-order chi connectivity index (χ1) is 12.3. The van der Waals surface area contributed by atoms with E-state index >= 15 is 0 Å². The summed E-state index contributed by atoms with van der Waals surface area (Å²) in [6.07, 6.45) is 4.64. The van der Waals surface area contributed by atoms with E-state index in [1.807, 2.05) is 37.0 Å². The second-order valence-corrected chi connectivity index (χ2v) is 6.41. The maximum Gasteiger partial charge on any atom is 0.422 e. The number of halogens is 3. The van der Waals surface area contributed by atoms with Crippen molar-refractivity contribution in [2.75, 3.05) is 18.5 Å². The van der Waals surface area contributed by atoms with E-state index < -0.39 is 12.8 Å². The molecule has 0 aromatic carbocycles. The second-order valence-electron chi connectivity index (χ2n) is 6.41. The third kappa shape index (κ3) is 5.97. The molecular weight excluding hydrogens is 343 g/mol. The summed E-state index contributed by atoms with van der Waals surface area (Å²) in [5, 5.41) is 3.29. The Bertz CT molecular complexity index is 643. The molecule has 0 amide bonds. The van der Waals surface area contributed by atoms with Crippen molar-refractivity contribution in [2.45, 2.75) is 51.9 Å². The quantitative estimate of drug-likeness (QED) is 0.652. The third-order valence-corrected chi connectivity index (χ3v) is 4.24. The van der Waals surface area contributed by atoms with Crippen molar-refractivity contribution >= 4 is 5.82 Å². The van der Waals surface area contributed by atoms with Gasteiger partial charge in [-0.15, -0.1) is 0 Å². The first-order valence-corrected chi connectivity index (χ1v) is 8.87. The Hall–Kier alpha value is -2.18. The zero-order chi connectivity index (χ0) is 19.2. The van der Waals surface area contributed by atoms with Gasteiger partial charge in [0.05, 0.1) is 6.04 Å². The predicted octanol–water partition coefficient (Wildman–Crippen LogP) is 5.04. The van der Waals surface area contributed by atoms with Crippen LogP contribution in [0.3, 0.4) is 0 Å². The van der Waals surface area contributed by atoms with Crippen LogP contribution in [-0.4, -0.2) is 35.3 Å². The fourth-order valence-corrected chi connectivity index (χ4v) is 2.72. The molecule has 0 saturated carbocycles. The van der Waals surface area contributed by atoms with E-state index in [-0.39, 0.29) is 17.8 Å². The van der Waals surface area contributed by atoms with E-state index in [1.165, 1.54) is 0 Å². The first kappa shape index (κ1) is 20.1. The molecule has 0 bridgehead atoms. The van der Waals surface area contributed by atoms with Gasteiger partial charge < -0.3 is 15.0 Å². The van der Waals surface area contributed by atoms with Crippen LogP contribution >= 0.6 is 0 Å². The van der Waals surface area contributed by atoms with Crippen molar-refractivity contribution in [1.29, 1.82) is 0 Å². The molecule has 1 N–H and O–H groups in total. The molecule has 144 valence electrons. The van der Waals surface area contributed by atoms with E-state index in [0.29, 0.717) is 0 Å². The molecule has 2 rings (SSSR count). The molecule has 2 unspecified atom stereocenters. The van der Waals surface area contributed by atoms with E-state index in [4.69, 9.17) is 4.74 Å². The zero-order valence-corrected chi connectivity index (χ0v) is 15.4. The predicted molar refractivity (Wildman–Crippen MR) is 96.6 cm³/mol. The minimum absolute atomic E-state index is 0.0332. The lowest BCUT2D eigenvalue weighted by Crippen LogP contribution is -2.32. The van der Waals surface area contributed by atoms with Crippen LogP contribution in [0.5, 0.6) is 0 Å². The molecule has 26 heavy (non-hydrogen) atoms. The van der Waals surface area contributed by atoms with Crippen molar-refractivity contribution in [3.63, 3.8) is 0 Å². The zero-order valence-electron chi connectivity index (χ0n) is 15.4. The summed E-state index contributed by atoms with van der Waals surface area (Å²) in [6, 6.07) is 3.92. The van der Waals surface area contributed by atoms with Gasteiger partial charge >= 0.3 is 6.18 Å². The smallest absolute Gasteiger partial charge is 0.422 e.